The predicted octanol–water partition coefficient (Wildman–Crippen LogP) is 1.46. The highest BCUT2D eigenvalue weighted by Crippen LogP contribution is 2.33. The van der Waals surface area contributed by atoms with E-state index < -0.39 is 35.9 Å². The lowest BCUT2D eigenvalue weighted by Crippen LogP contribution is -2.44. The van der Waals surface area contributed by atoms with Crippen molar-refractivity contribution in [2.45, 2.75) is 20.1 Å². The average Bonchev–Trinajstić information content (AvgIpc) is 3.49. The Morgan fingerprint density at radius 2 is 2.03 bits per heavy atom. The molecule has 5 aromatic rings. The maximum Gasteiger partial charge on any atom is 0.428 e. The van der Waals surface area contributed by atoms with Crippen LogP contribution in [0.15, 0.2) is 64.2 Å². The van der Waals surface area contributed by atoms with Crippen LogP contribution in [0.25, 0.3) is 28.0 Å². The summed E-state index contributed by atoms with van der Waals surface area (Å²) in [6.45, 7) is 1.35. The number of aliphatic hydroxyl groups is 1. The van der Waals surface area contributed by atoms with Crippen molar-refractivity contribution < 1.29 is 20.8 Å². The van der Waals surface area contributed by atoms with Gasteiger partial charge in [-0.15, -0.1) is 9.38 Å². The Kier molecular flexibility index (Phi) is 3.55. The summed E-state index contributed by atoms with van der Waals surface area (Å²) in [5.41, 5.74) is 7.50. The molecule has 32 heavy (non-hydrogen) atoms. The zero-order valence-electron chi connectivity index (χ0n) is 21.8. The van der Waals surface area contributed by atoms with Crippen LogP contribution in [-0.2, 0) is 13.2 Å². The van der Waals surface area contributed by atoms with E-state index in [1.54, 1.807) is 19.1 Å². The number of rotatable bonds is 5. The lowest BCUT2D eigenvalue weighted by molar-refractivity contribution is -0.516. The number of nitrogens with one attached hydrogen (secondary N) is 1. The van der Waals surface area contributed by atoms with E-state index in [2.05, 4.69) is 20.1 Å². The minimum atomic E-state index is -0.579. The summed E-state index contributed by atoms with van der Waals surface area (Å²) in [7, 11) is 0. The van der Waals surface area contributed by atoms with Crippen LogP contribution < -0.4 is 15.8 Å². The van der Waals surface area contributed by atoms with E-state index in [0.717, 1.165) is 4.40 Å². The molecule has 0 fully saturated rings. The predicted molar refractivity (Wildman–Crippen MR) is 115 cm³/mol. The van der Waals surface area contributed by atoms with Gasteiger partial charge in [-0.25, -0.2) is 14.9 Å². The van der Waals surface area contributed by atoms with Gasteiger partial charge in [-0.05, 0) is 24.6 Å². The smallest absolute Gasteiger partial charge is 0.428 e. The van der Waals surface area contributed by atoms with E-state index in [4.69, 9.17) is 17.0 Å². The molecule has 0 unspecified atom stereocenters. The number of H-pyrrole nitrogens is 1. The van der Waals surface area contributed by atoms with E-state index in [1.165, 1.54) is 17.3 Å². The van der Waals surface area contributed by atoms with Crippen LogP contribution in [0.2, 0.25) is 0 Å². The molecule has 10 heteroatoms. The quantitative estimate of drug-likeness (QED) is 0.355. The van der Waals surface area contributed by atoms with Crippen LogP contribution in [0.4, 0.5) is 5.95 Å². The van der Waals surface area contributed by atoms with Gasteiger partial charge in [0, 0.05) is 11.3 Å². The second-order valence-corrected chi connectivity index (χ2v) is 6.98. The Morgan fingerprint density at radius 1 is 1.22 bits per heavy atom. The third-order valence-corrected chi connectivity index (χ3v) is 4.81. The molecule has 0 saturated heterocycles. The van der Waals surface area contributed by atoms with E-state index in [9.17, 15) is 9.90 Å². The van der Waals surface area contributed by atoms with E-state index in [0.29, 0.717) is 22.6 Å². The fourth-order valence-corrected chi connectivity index (χ4v) is 3.52. The van der Waals surface area contributed by atoms with Crippen molar-refractivity contribution in [1.82, 2.24) is 24.7 Å². The molecule has 0 amide bonds. The number of anilines is 1. The number of aryl methyl sites for hydroxylation is 1. The number of pyridine rings is 1. The lowest BCUT2D eigenvalue weighted by atomic mass is 9.99. The number of oxazole rings is 1. The summed E-state index contributed by atoms with van der Waals surface area (Å²) < 4.78 is 48.5. The molecule has 1 aromatic carbocycles. The van der Waals surface area contributed by atoms with Crippen LogP contribution in [-0.4, -0.2) is 29.8 Å². The van der Waals surface area contributed by atoms with Crippen molar-refractivity contribution in [2.75, 3.05) is 5.73 Å². The molecule has 0 saturated carbocycles. The molecule has 0 bridgehead atoms. The minimum Gasteiger partial charge on any atom is -0.451 e. The highest BCUT2D eigenvalue weighted by atomic mass is 16.3. The minimum absolute atomic E-state index is 0.0111. The number of nitrogens with zero attached hydrogens (tertiary/aromatic N) is 5. The van der Waals surface area contributed by atoms with Crippen LogP contribution in [0, 0.1) is 6.92 Å². The van der Waals surface area contributed by atoms with Crippen molar-refractivity contribution in [3.63, 3.8) is 0 Å². The number of aromatic amines is 1. The van der Waals surface area contributed by atoms with Crippen molar-refractivity contribution in [2.24, 2.45) is 0 Å². The van der Waals surface area contributed by atoms with E-state index >= 15 is 0 Å². The first-order valence-electron chi connectivity index (χ1n) is 12.0. The maximum atomic E-state index is 13.3. The molecule has 4 aromatic heterocycles. The molecule has 0 atom stereocenters. The molecular weight excluding hydrogens is 410 g/mol. The summed E-state index contributed by atoms with van der Waals surface area (Å²) >= 11 is 0. The Bertz CT molecular complexity index is 1720. The normalized spacial score (nSPS) is 13.5. The second-order valence-electron chi connectivity index (χ2n) is 6.98. The van der Waals surface area contributed by atoms with Gasteiger partial charge >= 0.3 is 11.6 Å². The molecule has 0 aliphatic carbocycles. The van der Waals surface area contributed by atoms with E-state index in [1.807, 2.05) is 0 Å². The largest absolute Gasteiger partial charge is 0.451 e. The van der Waals surface area contributed by atoms with Gasteiger partial charge in [-0.3, -0.25) is 4.98 Å². The van der Waals surface area contributed by atoms with Gasteiger partial charge in [0.15, 0.2) is 6.39 Å². The number of aliphatic hydroxyl groups excluding tert-OH is 1. The molecule has 0 aliphatic heterocycles. The molecule has 160 valence electrons. The highest BCUT2D eigenvalue weighted by molar-refractivity contribution is 5.88. The van der Waals surface area contributed by atoms with Crippen LogP contribution in [0.3, 0.4) is 0 Å². The standard InChI is InChI=1S/C22H19N7O3/c1-13-7-15(8-16(10-30)25-13)18-19(14-5-3-2-4-6-14)26-21(23)29-20(18)27-28(22(29)31)9-17-11-32-12-24-17/h2-8,11-12,30H,9-10H2,1H3,(H2,23,25,26,27)/p+1/i2D,3D,4D,5D,6D. The van der Waals surface area contributed by atoms with Gasteiger partial charge in [0.2, 0.25) is 5.65 Å². The fraction of sp³-hybridized carbons (Fsp3) is 0.136. The average molecular weight is 435 g/mol. The lowest BCUT2D eigenvalue weighted by Gasteiger charge is -2.10. The SMILES string of the molecule is [2H]c1c([2H])c([2H])c(-c2nc(N)[n+]3c(=O)n(Cc4cocn4)[nH]c3c2-c2cc(C)nc(CO)c2)c([2H])c1[2H]. The van der Waals surface area contributed by atoms with Crippen molar-refractivity contribution in [3.05, 3.63) is 82.6 Å². The molecule has 0 spiro atoms. The van der Waals surface area contributed by atoms with E-state index in [-0.39, 0.29) is 41.6 Å². The Morgan fingerprint density at radius 3 is 2.75 bits per heavy atom. The molecule has 4 N–H and O–H groups in total. The van der Waals surface area contributed by atoms with Crippen molar-refractivity contribution in [1.29, 1.82) is 0 Å². The maximum absolute atomic E-state index is 13.3. The second kappa shape index (κ2) is 7.75. The number of fused-ring (bicyclic) bond motifs is 1. The number of nitrogens with two attached hydrogens (primary N) is 1. The zero-order chi connectivity index (χ0) is 26.6. The van der Waals surface area contributed by atoms with Gasteiger partial charge in [0.1, 0.15) is 24.2 Å². The molecule has 0 aliphatic rings. The molecule has 4 heterocycles. The first-order valence-corrected chi connectivity index (χ1v) is 9.49. The Balaban J connectivity index is 1.93. The molecule has 0 radical (unpaired) electrons. The third-order valence-electron chi connectivity index (χ3n) is 4.81. The monoisotopic (exact) mass is 435 g/mol. The molecule has 5 rings (SSSR count). The first kappa shape index (κ1) is 14.7. The van der Waals surface area contributed by atoms with Gasteiger partial charge < -0.3 is 15.3 Å². The number of aromatic nitrogens is 6. The summed E-state index contributed by atoms with van der Waals surface area (Å²) in [5.74, 6) is -0.270. The van der Waals surface area contributed by atoms with Gasteiger partial charge in [-0.1, -0.05) is 30.2 Å². The fourth-order valence-electron chi connectivity index (χ4n) is 3.52. The molecular formula is C22H20N7O3+. The van der Waals surface area contributed by atoms with Gasteiger partial charge in [0.05, 0.1) is 24.7 Å². The van der Waals surface area contributed by atoms with Crippen LogP contribution in [0.1, 0.15) is 23.9 Å². The number of hydrogen-bond donors (Lipinski definition) is 3. The number of nitrogen functional groups attached to an aromatic ring is 1. The Hall–Kier alpha value is -4.31. The van der Waals surface area contributed by atoms with Gasteiger partial charge in [0.25, 0.3) is 0 Å². The molecule has 10 nitrogen and oxygen atoms in total. The summed E-state index contributed by atoms with van der Waals surface area (Å²) in [5, 5.41) is 12.7. The van der Waals surface area contributed by atoms with Crippen molar-refractivity contribution in [3.8, 4) is 22.4 Å². The third kappa shape index (κ3) is 3.32. The summed E-state index contributed by atoms with van der Waals surface area (Å²) in [6.07, 6.45) is 2.60. The van der Waals surface area contributed by atoms with Gasteiger partial charge in [-0.2, -0.15) is 4.68 Å². The zero-order valence-corrected chi connectivity index (χ0v) is 16.8. The number of hydrogen-bond acceptors (Lipinski definition) is 7. The summed E-state index contributed by atoms with van der Waals surface area (Å²) in [4.78, 5) is 25.9. The highest BCUT2D eigenvalue weighted by Gasteiger charge is 2.26. The Labute approximate surface area is 188 Å². The number of benzene rings is 1. The first-order chi connectivity index (χ1) is 17.6. The topological polar surface area (TPSA) is 140 Å². The van der Waals surface area contributed by atoms with Crippen LogP contribution >= 0.6 is 0 Å². The van der Waals surface area contributed by atoms with Crippen LogP contribution in [0.5, 0.6) is 0 Å². The summed E-state index contributed by atoms with van der Waals surface area (Å²) in [6, 6.07) is 0.605. The van der Waals surface area contributed by atoms with Crippen molar-refractivity contribution >= 4 is 11.6 Å².